The van der Waals surface area contributed by atoms with E-state index in [-0.39, 0.29) is 24.7 Å². The number of ketones is 1. The van der Waals surface area contributed by atoms with Crippen LogP contribution in [0.5, 0.6) is 0 Å². The van der Waals surface area contributed by atoms with Gasteiger partial charge in [0.2, 0.25) is 5.91 Å². The Morgan fingerprint density at radius 1 is 1.24 bits per heavy atom. The van der Waals surface area contributed by atoms with Crippen molar-refractivity contribution in [2.24, 2.45) is 0 Å². The molecule has 0 aliphatic carbocycles. The van der Waals surface area contributed by atoms with E-state index in [9.17, 15) is 14.4 Å². The van der Waals surface area contributed by atoms with Crippen molar-refractivity contribution < 1.29 is 19.1 Å². The summed E-state index contributed by atoms with van der Waals surface area (Å²) < 4.78 is 4.94. The highest BCUT2D eigenvalue weighted by Gasteiger charge is 2.23. The van der Waals surface area contributed by atoms with Crippen molar-refractivity contribution in [1.82, 2.24) is 5.32 Å². The molecule has 1 N–H and O–H groups in total. The zero-order chi connectivity index (χ0) is 13.6. The lowest BCUT2D eigenvalue weighted by Gasteiger charge is -2.25. The third kappa shape index (κ3) is 7.27. The van der Waals surface area contributed by atoms with E-state index in [1.807, 2.05) is 0 Å². The second-order valence-corrected chi connectivity index (χ2v) is 4.67. The molecule has 1 amide bonds. The van der Waals surface area contributed by atoms with Gasteiger partial charge in [-0.25, -0.2) is 4.79 Å². The zero-order valence-corrected chi connectivity index (χ0v) is 10.8. The highest BCUT2D eigenvalue weighted by Crippen LogP contribution is 2.05. The summed E-state index contributed by atoms with van der Waals surface area (Å²) in [7, 11) is 0. The number of esters is 1. The molecule has 0 saturated carbocycles. The average molecular weight is 241 g/mol. The SMILES string of the molecule is C=C(C)C(=O)OCC(C)(C)NC(=O)CC(C)=O. The van der Waals surface area contributed by atoms with Crippen molar-refractivity contribution in [3.8, 4) is 0 Å². The lowest BCUT2D eigenvalue weighted by atomic mass is 10.1. The first-order chi connectivity index (χ1) is 7.64. The Morgan fingerprint density at radius 2 is 1.76 bits per heavy atom. The summed E-state index contributed by atoms with van der Waals surface area (Å²) in [6.45, 7) is 9.78. The lowest BCUT2D eigenvalue weighted by Crippen LogP contribution is -2.47. The van der Waals surface area contributed by atoms with Crippen LogP contribution in [-0.2, 0) is 19.1 Å². The van der Waals surface area contributed by atoms with Gasteiger partial charge >= 0.3 is 5.97 Å². The number of Topliss-reactive ketones (excluding diaryl/α,β-unsaturated/α-hetero) is 1. The van der Waals surface area contributed by atoms with E-state index >= 15 is 0 Å². The van der Waals surface area contributed by atoms with Crippen LogP contribution in [0, 0.1) is 0 Å². The molecule has 96 valence electrons. The Morgan fingerprint density at radius 3 is 2.18 bits per heavy atom. The molecule has 0 bridgehead atoms. The van der Waals surface area contributed by atoms with Gasteiger partial charge in [-0.2, -0.15) is 0 Å². The van der Waals surface area contributed by atoms with Crippen molar-refractivity contribution in [3.63, 3.8) is 0 Å². The molecule has 0 radical (unpaired) electrons. The van der Waals surface area contributed by atoms with Crippen LogP contribution in [0.4, 0.5) is 0 Å². The zero-order valence-electron chi connectivity index (χ0n) is 10.8. The van der Waals surface area contributed by atoms with E-state index in [2.05, 4.69) is 11.9 Å². The molecule has 0 heterocycles. The van der Waals surface area contributed by atoms with Crippen molar-refractivity contribution in [3.05, 3.63) is 12.2 Å². The Kier molecular flexibility index (Phi) is 5.58. The van der Waals surface area contributed by atoms with Gasteiger partial charge in [0.25, 0.3) is 0 Å². The summed E-state index contributed by atoms with van der Waals surface area (Å²) in [4.78, 5) is 33.3. The normalized spacial score (nSPS) is 10.6. The number of carbonyl (C=O) groups excluding carboxylic acids is 3. The van der Waals surface area contributed by atoms with Gasteiger partial charge < -0.3 is 10.1 Å². The molecule has 5 heteroatoms. The van der Waals surface area contributed by atoms with E-state index in [0.717, 1.165) is 0 Å². The second-order valence-electron chi connectivity index (χ2n) is 4.67. The largest absolute Gasteiger partial charge is 0.460 e. The molecule has 0 fully saturated rings. The predicted molar refractivity (Wildman–Crippen MR) is 63.3 cm³/mol. The number of amides is 1. The number of hydrogen-bond donors (Lipinski definition) is 1. The molecule has 0 atom stereocenters. The number of ether oxygens (including phenoxy) is 1. The first-order valence-corrected chi connectivity index (χ1v) is 5.27. The highest BCUT2D eigenvalue weighted by molar-refractivity contribution is 5.97. The quantitative estimate of drug-likeness (QED) is 0.427. The minimum atomic E-state index is -0.711. The van der Waals surface area contributed by atoms with Crippen molar-refractivity contribution in [1.29, 1.82) is 0 Å². The fourth-order valence-electron chi connectivity index (χ4n) is 1.05. The smallest absolute Gasteiger partial charge is 0.333 e. The van der Waals surface area contributed by atoms with Crippen LogP contribution in [0.25, 0.3) is 0 Å². The Bertz CT molecular complexity index is 344. The van der Waals surface area contributed by atoms with Gasteiger partial charge in [0.05, 0.1) is 12.0 Å². The fourth-order valence-corrected chi connectivity index (χ4v) is 1.05. The molecule has 0 aromatic rings. The molecule has 0 aromatic heterocycles. The van der Waals surface area contributed by atoms with Crippen LogP contribution in [0.15, 0.2) is 12.2 Å². The molecular formula is C12H19NO4. The number of carbonyl (C=O) groups is 3. The van der Waals surface area contributed by atoms with Crippen LogP contribution >= 0.6 is 0 Å². The van der Waals surface area contributed by atoms with Gasteiger partial charge in [0.15, 0.2) is 0 Å². The minimum absolute atomic E-state index is 0.0301. The molecule has 0 rings (SSSR count). The summed E-state index contributed by atoms with van der Waals surface area (Å²) in [6, 6.07) is 0. The third-order valence-corrected chi connectivity index (χ3v) is 1.80. The van der Waals surface area contributed by atoms with Crippen LogP contribution in [0.3, 0.4) is 0 Å². The maximum atomic E-state index is 11.4. The Hall–Kier alpha value is -1.65. The molecule has 0 aliphatic heterocycles. The Labute approximate surface area is 101 Å². The topological polar surface area (TPSA) is 72.5 Å². The average Bonchev–Trinajstić information content (AvgIpc) is 2.11. The maximum Gasteiger partial charge on any atom is 0.333 e. The van der Waals surface area contributed by atoms with Crippen molar-refractivity contribution in [2.45, 2.75) is 39.7 Å². The summed E-state index contributed by atoms with van der Waals surface area (Å²) in [5.41, 5.74) is -0.409. The first-order valence-electron chi connectivity index (χ1n) is 5.27. The number of rotatable bonds is 6. The summed E-state index contributed by atoms with van der Waals surface area (Å²) >= 11 is 0. The van der Waals surface area contributed by atoms with Gasteiger partial charge in [-0.1, -0.05) is 6.58 Å². The van der Waals surface area contributed by atoms with Gasteiger partial charge in [0, 0.05) is 5.57 Å². The van der Waals surface area contributed by atoms with Gasteiger partial charge in [0.1, 0.15) is 12.4 Å². The summed E-state index contributed by atoms with van der Waals surface area (Å²) in [5, 5.41) is 2.62. The van der Waals surface area contributed by atoms with Crippen LogP contribution in [0.1, 0.15) is 34.1 Å². The predicted octanol–water partition coefficient (Wildman–Crippen LogP) is 0.980. The molecule has 0 unspecified atom stereocenters. The lowest BCUT2D eigenvalue weighted by molar-refractivity contribution is -0.142. The molecular weight excluding hydrogens is 222 g/mol. The molecule has 0 saturated heterocycles. The molecule has 0 aromatic carbocycles. The maximum absolute atomic E-state index is 11.4. The van der Waals surface area contributed by atoms with Gasteiger partial charge in [-0.15, -0.1) is 0 Å². The monoisotopic (exact) mass is 241 g/mol. The number of hydrogen-bond acceptors (Lipinski definition) is 4. The fraction of sp³-hybridized carbons (Fsp3) is 0.583. The minimum Gasteiger partial charge on any atom is -0.460 e. The summed E-state index contributed by atoms with van der Waals surface area (Å²) in [5.74, 6) is -1.09. The van der Waals surface area contributed by atoms with Crippen LogP contribution in [-0.4, -0.2) is 29.8 Å². The number of nitrogens with one attached hydrogen (secondary N) is 1. The van der Waals surface area contributed by atoms with Crippen LogP contribution < -0.4 is 5.32 Å². The van der Waals surface area contributed by atoms with Crippen molar-refractivity contribution >= 4 is 17.7 Å². The van der Waals surface area contributed by atoms with E-state index in [0.29, 0.717) is 5.57 Å². The first kappa shape index (κ1) is 15.3. The third-order valence-electron chi connectivity index (χ3n) is 1.80. The van der Waals surface area contributed by atoms with Crippen molar-refractivity contribution in [2.75, 3.05) is 6.61 Å². The van der Waals surface area contributed by atoms with Gasteiger partial charge in [-0.3, -0.25) is 9.59 Å². The Balaban J connectivity index is 4.20. The van der Waals surface area contributed by atoms with E-state index in [1.165, 1.54) is 6.92 Å². The van der Waals surface area contributed by atoms with E-state index in [4.69, 9.17) is 4.74 Å². The molecule has 0 spiro atoms. The summed E-state index contributed by atoms with van der Waals surface area (Å²) in [6.07, 6.45) is -0.169. The molecule has 0 aliphatic rings. The van der Waals surface area contributed by atoms with Gasteiger partial charge in [-0.05, 0) is 27.7 Å². The van der Waals surface area contributed by atoms with E-state index < -0.39 is 11.5 Å². The molecule has 5 nitrogen and oxygen atoms in total. The van der Waals surface area contributed by atoms with E-state index in [1.54, 1.807) is 20.8 Å². The standard InChI is InChI=1S/C12H19NO4/c1-8(2)11(16)17-7-12(4,5)13-10(15)6-9(3)14/h1,6-7H2,2-5H3,(H,13,15). The van der Waals surface area contributed by atoms with Crippen LogP contribution in [0.2, 0.25) is 0 Å². The highest BCUT2D eigenvalue weighted by atomic mass is 16.5. The molecule has 17 heavy (non-hydrogen) atoms. The second kappa shape index (κ2) is 6.18.